The first-order valence-electron chi connectivity index (χ1n) is 4.60. The molecule has 2 nitrogen and oxygen atoms in total. The number of nitrogens with two attached hydrogens (primary N) is 2. The van der Waals surface area contributed by atoms with Gasteiger partial charge < -0.3 is 11.5 Å². The first-order valence-corrected chi connectivity index (χ1v) is 4.60. The molecule has 0 aliphatic carbocycles. The Bertz CT molecular complexity index is 91.6. The standard InChI is InChI=1S/C9H22N2/c1-4-5-6-7(2)8(3)9(10)11/h7-9H,4-6,10-11H2,1-3H3. The molecule has 11 heavy (non-hydrogen) atoms. The van der Waals surface area contributed by atoms with Crippen LogP contribution in [0.5, 0.6) is 0 Å². The molecule has 0 heterocycles. The lowest BCUT2D eigenvalue weighted by atomic mass is 9.89. The lowest BCUT2D eigenvalue weighted by Crippen LogP contribution is -2.40. The van der Waals surface area contributed by atoms with Crippen molar-refractivity contribution in [2.24, 2.45) is 23.3 Å². The van der Waals surface area contributed by atoms with Gasteiger partial charge in [-0.25, -0.2) is 0 Å². The van der Waals surface area contributed by atoms with Crippen LogP contribution >= 0.6 is 0 Å². The molecule has 0 aliphatic heterocycles. The van der Waals surface area contributed by atoms with E-state index in [1.807, 2.05) is 0 Å². The van der Waals surface area contributed by atoms with Gasteiger partial charge in [-0.05, 0) is 11.8 Å². The normalized spacial score (nSPS) is 16.9. The summed E-state index contributed by atoms with van der Waals surface area (Å²) in [5.41, 5.74) is 11.2. The molecule has 0 spiro atoms. The molecule has 0 amide bonds. The minimum absolute atomic E-state index is 0.151. The molecular formula is C9H22N2. The molecule has 0 aromatic carbocycles. The van der Waals surface area contributed by atoms with Crippen molar-refractivity contribution in [3.05, 3.63) is 0 Å². The summed E-state index contributed by atoms with van der Waals surface area (Å²) in [6.45, 7) is 6.57. The second-order valence-electron chi connectivity index (χ2n) is 3.56. The van der Waals surface area contributed by atoms with Gasteiger partial charge in [-0.1, -0.05) is 40.0 Å². The summed E-state index contributed by atoms with van der Waals surface area (Å²) in [6, 6.07) is 0. The van der Waals surface area contributed by atoms with Crippen LogP contribution < -0.4 is 11.5 Å². The molecule has 2 heteroatoms. The van der Waals surface area contributed by atoms with Gasteiger partial charge in [0.1, 0.15) is 0 Å². The summed E-state index contributed by atoms with van der Waals surface area (Å²) in [5.74, 6) is 1.11. The van der Waals surface area contributed by atoms with Crippen LogP contribution in [0.2, 0.25) is 0 Å². The van der Waals surface area contributed by atoms with E-state index < -0.39 is 0 Å². The Morgan fingerprint density at radius 3 is 2.09 bits per heavy atom. The van der Waals surface area contributed by atoms with Gasteiger partial charge >= 0.3 is 0 Å². The molecule has 0 rings (SSSR count). The van der Waals surface area contributed by atoms with E-state index in [2.05, 4.69) is 20.8 Å². The molecule has 4 N–H and O–H groups in total. The van der Waals surface area contributed by atoms with Crippen LogP contribution in [0.15, 0.2) is 0 Å². The fourth-order valence-corrected chi connectivity index (χ4v) is 1.17. The van der Waals surface area contributed by atoms with E-state index in [-0.39, 0.29) is 6.17 Å². The van der Waals surface area contributed by atoms with E-state index in [4.69, 9.17) is 11.5 Å². The first kappa shape index (κ1) is 10.9. The summed E-state index contributed by atoms with van der Waals surface area (Å²) in [4.78, 5) is 0. The largest absolute Gasteiger partial charge is 0.316 e. The van der Waals surface area contributed by atoms with Crippen molar-refractivity contribution in [1.82, 2.24) is 0 Å². The van der Waals surface area contributed by atoms with Crippen molar-refractivity contribution in [1.29, 1.82) is 0 Å². The zero-order valence-electron chi connectivity index (χ0n) is 8.01. The third-order valence-electron chi connectivity index (χ3n) is 2.52. The molecule has 0 aromatic heterocycles. The smallest absolute Gasteiger partial charge is 0.0549 e. The van der Waals surface area contributed by atoms with Crippen LogP contribution in [0.4, 0.5) is 0 Å². The van der Waals surface area contributed by atoms with Crippen molar-refractivity contribution in [3.63, 3.8) is 0 Å². The molecule has 2 unspecified atom stereocenters. The van der Waals surface area contributed by atoms with Crippen molar-refractivity contribution in [2.75, 3.05) is 0 Å². The van der Waals surface area contributed by atoms with Crippen molar-refractivity contribution in [3.8, 4) is 0 Å². The summed E-state index contributed by atoms with van der Waals surface area (Å²) < 4.78 is 0. The van der Waals surface area contributed by atoms with Crippen molar-refractivity contribution >= 4 is 0 Å². The maximum Gasteiger partial charge on any atom is 0.0549 e. The van der Waals surface area contributed by atoms with Crippen LogP contribution in [-0.4, -0.2) is 6.17 Å². The molecule has 0 fully saturated rings. The molecular weight excluding hydrogens is 136 g/mol. The van der Waals surface area contributed by atoms with E-state index >= 15 is 0 Å². The SMILES string of the molecule is CCCCC(C)C(C)C(N)N. The number of hydrogen-bond donors (Lipinski definition) is 2. The summed E-state index contributed by atoms with van der Waals surface area (Å²) in [7, 11) is 0. The maximum atomic E-state index is 5.59. The number of rotatable bonds is 5. The highest BCUT2D eigenvalue weighted by atomic mass is 14.9. The van der Waals surface area contributed by atoms with Crippen LogP contribution in [0.1, 0.15) is 40.0 Å². The van der Waals surface area contributed by atoms with Crippen LogP contribution in [0.3, 0.4) is 0 Å². The first-order chi connectivity index (χ1) is 5.09. The van der Waals surface area contributed by atoms with Crippen molar-refractivity contribution in [2.45, 2.75) is 46.2 Å². The summed E-state index contributed by atoms with van der Waals surface area (Å²) in [6.07, 6.45) is 3.65. The molecule has 0 radical (unpaired) electrons. The van der Waals surface area contributed by atoms with Crippen molar-refractivity contribution < 1.29 is 0 Å². The van der Waals surface area contributed by atoms with E-state index in [0.717, 1.165) is 0 Å². The Labute approximate surface area is 70.3 Å². The predicted octanol–water partition coefficient (Wildman–Crippen LogP) is 1.69. The third-order valence-corrected chi connectivity index (χ3v) is 2.52. The van der Waals surface area contributed by atoms with Crippen LogP contribution in [0.25, 0.3) is 0 Å². The van der Waals surface area contributed by atoms with Gasteiger partial charge in [0.15, 0.2) is 0 Å². The Balaban J connectivity index is 3.55. The number of unbranched alkanes of at least 4 members (excludes halogenated alkanes) is 1. The van der Waals surface area contributed by atoms with Gasteiger partial charge in [-0.2, -0.15) is 0 Å². The van der Waals surface area contributed by atoms with E-state index in [9.17, 15) is 0 Å². The molecule has 0 aromatic rings. The van der Waals surface area contributed by atoms with Gasteiger partial charge in [0.2, 0.25) is 0 Å². The van der Waals surface area contributed by atoms with E-state index in [1.54, 1.807) is 0 Å². The maximum absolute atomic E-state index is 5.59. The van der Waals surface area contributed by atoms with Gasteiger partial charge in [-0.15, -0.1) is 0 Å². The second kappa shape index (κ2) is 5.56. The van der Waals surface area contributed by atoms with Gasteiger partial charge in [0.25, 0.3) is 0 Å². The zero-order valence-corrected chi connectivity index (χ0v) is 8.01. The van der Waals surface area contributed by atoms with E-state index in [0.29, 0.717) is 11.8 Å². The van der Waals surface area contributed by atoms with Crippen LogP contribution in [0, 0.1) is 11.8 Å². The van der Waals surface area contributed by atoms with Gasteiger partial charge in [0, 0.05) is 0 Å². The zero-order chi connectivity index (χ0) is 8.85. The molecule has 0 saturated heterocycles. The summed E-state index contributed by atoms with van der Waals surface area (Å²) >= 11 is 0. The lowest BCUT2D eigenvalue weighted by molar-refractivity contribution is 0.306. The Hall–Kier alpha value is -0.0800. The fraction of sp³-hybridized carbons (Fsp3) is 1.00. The fourth-order valence-electron chi connectivity index (χ4n) is 1.17. The van der Waals surface area contributed by atoms with E-state index in [1.165, 1.54) is 19.3 Å². The molecule has 0 aliphatic rings. The quantitative estimate of drug-likeness (QED) is 0.598. The molecule has 0 saturated carbocycles. The van der Waals surface area contributed by atoms with Gasteiger partial charge in [0.05, 0.1) is 6.17 Å². The monoisotopic (exact) mass is 158 g/mol. The number of hydrogen-bond acceptors (Lipinski definition) is 2. The average molecular weight is 158 g/mol. The Morgan fingerprint density at radius 2 is 1.73 bits per heavy atom. The summed E-state index contributed by atoms with van der Waals surface area (Å²) in [5, 5.41) is 0. The second-order valence-corrected chi connectivity index (χ2v) is 3.56. The predicted molar refractivity (Wildman–Crippen MR) is 50.0 cm³/mol. The van der Waals surface area contributed by atoms with Gasteiger partial charge in [-0.3, -0.25) is 0 Å². The molecule has 68 valence electrons. The highest BCUT2D eigenvalue weighted by Gasteiger charge is 2.15. The molecule has 2 atom stereocenters. The topological polar surface area (TPSA) is 52.0 Å². The minimum Gasteiger partial charge on any atom is -0.316 e. The van der Waals surface area contributed by atoms with Crippen LogP contribution in [-0.2, 0) is 0 Å². The minimum atomic E-state index is -0.151. The average Bonchev–Trinajstić information content (AvgIpc) is 1.98. The highest BCUT2D eigenvalue weighted by molar-refractivity contribution is 4.68. The highest BCUT2D eigenvalue weighted by Crippen LogP contribution is 2.18. The Morgan fingerprint density at radius 1 is 1.18 bits per heavy atom. The Kier molecular flexibility index (Phi) is 5.51. The lowest BCUT2D eigenvalue weighted by Gasteiger charge is -2.22. The molecule has 0 bridgehead atoms. The third kappa shape index (κ3) is 4.38.